The van der Waals surface area contributed by atoms with Crippen LogP contribution in [-0.2, 0) is 14.3 Å². The molecule has 0 aliphatic carbocycles. The van der Waals surface area contributed by atoms with Gasteiger partial charge in [0.15, 0.2) is 6.29 Å². The van der Waals surface area contributed by atoms with Crippen molar-refractivity contribution in [1.29, 1.82) is 0 Å². The average molecular weight is 956 g/mol. The van der Waals surface area contributed by atoms with E-state index in [1.54, 1.807) is 0 Å². The highest BCUT2D eigenvalue weighted by molar-refractivity contribution is 5.80. The molecule has 1 aliphatic rings. The summed E-state index contributed by atoms with van der Waals surface area (Å²) in [6, 6.07) is -1.16. The van der Waals surface area contributed by atoms with E-state index in [9.17, 15) is 40.5 Å². The fourth-order valence-corrected chi connectivity index (χ4v) is 9.38. The molecule has 1 rings (SSSR count). The summed E-state index contributed by atoms with van der Waals surface area (Å²) in [4.78, 5) is 13.0. The number of ether oxygens (including phenoxy) is 2. The topological polar surface area (TPSA) is 189 Å². The minimum Gasteiger partial charge on any atom is -0.394 e. The lowest BCUT2D eigenvalue weighted by atomic mass is 9.98. The summed E-state index contributed by atoms with van der Waals surface area (Å²) in [6.07, 6.45) is 42.7. The molecular formula is C56H109NO10. The number of amides is 1. The molecule has 0 bridgehead atoms. The Bertz CT molecular complexity index is 1100. The first kappa shape index (κ1) is 63.9. The first-order valence-corrected chi connectivity index (χ1v) is 28.6. The van der Waals surface area contributed by atoms with Gasteiger partial charge in [0, 0.05) is 0 Å². The molecule has 9 unspecified atom stereocenters. The lowest BCUT2D eigenvalue weighted by Crippen LogP contribution is -2.60. The van der Waals surface area contributed by atoms with Crippen LogP contribution in [0.4, 0.5) is 0 Å². The van der Waals surface area contributed by atoms with Gasteiger partial charge in [-0.2, -0.15) is 0 Å². The molecule has 0 aromatic carbocycles. The Morgan fingerprint density at radius 2 is 0.866 bits per heavy atom. The maximum atomic E-state index is 13.0. The number of carbonyl (C=O) groups excluding carboxylic acids is 1. The van der Waals surface area contributed by atoms with Crippen LogP contribution < -0.4 is 5.32 Å². The van der Waals surface area contributed by atoms with E-state index in [4.69, 9.17) is 9.47 Å². The van der Waals surface area contributed by atoms with Crippen molar-refractivity contribution >= 4 is 5.91 Å². The number of nitrogens with one attached hydrogen (secondary N) is 1. The fraction of sp³-hybridized carbons (Fsp3) is 0.946. The zero-order chi connectivity index (χ0) is 49.0. The van der Waals surface area contributed by atoms with Crippen molar-refractivity contribution in [1.82, 2.24) is 5.32 Å². The standard InChI is InChI=1S/C56H109NO10/c1-3-5-7-9-10-11-12-13-14-15-16-17-18-19-20-21-22-23-24-25-26-27-28-29-30-31-32-33-34-35-36-37-38-39-40-42-44-49(60)55(65)57-47(51(61)48(59)43-41-8-6-4-2)46-66-56-54(64)53(63)52(62)50(45-58)67-56/h23-24,47-54,56,58-64H,3-22,25-46H2,1-2H3,(H,57,65)/b24-23-. The molecule has 11 nitrogen and oxygen atoms in total. The third-order valence-corrected chi connectivity index (χ3v) is 14.1. The summed E-state index contributed by atoms with van der Waals surface area (Å²) in [7, 11) is 0. The molecule has 0 aromatic heterocycles. The van der Waals surface area contributed by atoms with E-state index >= 15 is 0 Å². The van der Waals surface area contributed by atoms with Gasteiger partial charge in [-0.05, 0) is 38.5 Å². The van der Waals surface area contributed by atoms with Gasteiger partial charge in [-0.15, -0.1) is 0 Å². The molecule has 9 atom stereocenters. The van der Waals surface area contributed by atoms with Crippen LogP contribution >= 0.6 is 0 Å². The molecular weight excluding hydrogens is 847 g/mol. The maximum absolute atomic E-state index is 13.0. The molecule has 67 heavy (non-hydrogen) atoms. The second-order valence-electron chi connectivity index (χ2n) is 20.4. The SMILES string of the molecule is CCCCCCCCCCCCCCCCCC/C=C\CCCCCCCCCCCCCCCCCCC(O)C(=O)NC(COC1OC(CO)C(O)C(O)C1O)C(O)C(O)CCCCCC. The molecule has 0 spiro atoms. The van der Waals surface area contributed by atoms with Crippen LogP contribution in [0.3, 0.4) is 0 Å². The Balaban J connectivity index is 2.01. The van der Waals surface area contributed by atoms with Crippen LogP contribution in [0.2, 0.25) is 0 Å². The maximum Gasteiger partial charge on any atom is 0.249 e. The number of allylic oxidation sites excluding steroid dienone is 2. The second-order valence-corrected chi connectivity index (χ2v) is 20.4. The van der Waals surface area contributed by atoms with Crippen LogP contribution in [0, 0.1) is 0 Å². The Hall–Kier alpha value is -1.15. The van der Waals surface area contributed by atoms with Crippen LogP contribution in [0.5, 0.6) is 0 Å². The van der Waals surface area contributed by atoms with Crippen molar-refractivity contribution in [3.05, 3.63) is 12.2 Å². The van der Waals surface area contributed by atoms with Gasteiger partial charge in [0.2, 0.25) is 5.91 Å². The van der Waals surface area contributed by atoms with Crippen molar-refractivity contribution < 1.29 is 50.0 Å². The number of hydrogen-bond acceptors (Lipinski definition) is 10. The van der Waals surface area contributed by atoms with Crippen molar-refractivity contribution in [2.75, 3.05) is 13.2 Å². The number of aliphatic hydroxyl groups is 7. The van der Waals surface area contributed by atoms with Crippen LogP contribution in [0.25, 0.3) is 0 Å². The van der Waals surface area contributed by atoms with Crippen LogP contribution in [-0.4, -0.2) is 110 Å². The highest BCUT2D eigenvalue weighted by atomic mass is 16.7. The van der Waals surface area contributed by atoms with Crippen LogP contribution in [0.1, 0.15) is 271 Å². The fourth-order valence-electron chi connectivity index (χ4n) is 9.38. The highest BCUT2D eigenvalue weighted by Crippen LogP contribution is 2.23. The molecule has 11 heteroatoms. The Kier molecular flexibility index (Phi) is 43.8. The number of unbranched alkanes of at least 4 members (excludes halogenated alkanes) is 35. The molecule has 0 saturated carbocycles. The van der Waals surface area contributed by atoms with Gasteiger partial charge >= 0.3 is 0 Å². The van der Waals surface area contributed by atoms with Gasteiger partial charge in [-0.3, -0.25) is 4.79 Å². The van der Waals surface area contributed by atoms with Gasteiger partial charge in [-0.1, -0.05) is 244 Å². The zero-order valence-corrected chi connectivity index (χ0v) is 43.4. The van der Waals surface area contributed by atoms with E-state index in [1.165, 1.54) is 193 Å². The molecule has 0 radical (unpaired) electrons. The third-order valence-electron chi connectivity index (χ3n) is 14.1. The predicted octanol–water partition coefficient (Wildman–Crippen LogP) is 11.6. The van der Waals surface area contributed by atoms with Gasteiger partial charge in [-0.25, -0.2) is 0 Å². The summed E-state index contributed by atoms with van der Waals surface area (Å²) in [6.45, 7) is 3.31. The molecule has 1 amide bonds. The normalized spacial score (nSPS) is 20.6. The van der Waals surface area contributed by atoms with E-state index in [2.05, 4.69) is 31.3 Å². The molecule has 398 valence electrons. The molecule has 1 aliphatic heterocycles. The highest BCUT2D eigenvalue weighted by Gasteiger charge is 2.44. The number of hydrogen-bond donors (Lipinski definition) is 8. The van der Waals surface area contributed by atoms with E-state index in [0.717, 1.165) is 38.5 Å². The molecule has 1 heterocycles. The summed E-state index contributed by atoms with van der Waals surface area (Å²) < 4.78 is 11.0. The summed E-state index contributed by atoms with van der Waals surface area (Å²) in [5.41, 5.74) is 0. The van der Waals surface area contributed by atoms with Crippen molar-refractivity contribution in [3.8, 4) is 0 Å². The van der Waals surface area contributed by atoms with Crippen molar-refractivity contribution in [2.45, 2.75) is 326 Å². The Morgan fingerprint density at radius 1 is 0.507 bits per heavy atom. The first-order chi connectivity index (χ1) is 32.7. The summed E-state index contributed by atoms with van der Waals surface area (Å²) in [5.74, 6) is -0.700. The van der Waals surface area contributed by atoms with Crippen molar-refractivity contribution in [3.63, 3.8) is 0 Å². The van der Waals surface area contributed by atoms with E-state index in [1.807, 2.05) is 0 Å². The number of rotatable bonds is 49. The van der Waals surface area contributed by atoms with Gasteiger partial charge < -0.3 is 50.5 Å². The monoisotopic (exact) mass is 956 g/mol. The molecule has 1 saturated heterocycles. The van der Waals surface area contributed by atoms with Crippen LogP contribution in [0.15, 0.2) is 12.2 Å². The Morgan fingerprint density at radius 3 is 1.27 bits per heavy atom. The third kappa shape index (κ3) is 34.8. The molecule has 8 N–H and O–H groups in total. The van der Waals surface area contributed by atoms with Gasteiger partial charge in [0.1, 0.15) is 36.6 Å². The van der Waals surface area contributed by atoms with Crippen molar-refractivity contribution in [2.24, 2.45) is 0 Å². The van der Waals surface area contributed by atoms with Gasteiger partial charge in [0.25, 0.3) is 0 Å². The zero-order valence-electron chi connectivity index (χ0n) is 43.4. The minimum atomic E-state index is -1.66. The first-order valence-electron chi connectivity index (χ1n) is 28.6. The van der Waals surface area contributed by atoms with E-state index in [0.29, 0.717) is 19.3 Å². The summed E-state index contributed by atoms with van der Waals surface area (Å²) in [5, 5.41) is 75.0. The lowest BCUT2D eigenvalue weighted by molar-refractivity contribution is -0.303. The Labute approximate surface area is 411 Å². The average Bonchev–Trinajstić information content (AvgIpc) is 3.33. The second kappa shape index (κ2) is 46.0. The number of aliphatic hydroxyl groups excluding tert-OH is 7. The van der Waals surface area contributed by atoms with E-state index < -0.39 is 74.2 Å². The van der Waals surface area contributed by atoms with Gasteiger partial charge in [0.05, 0.1) is 25.4 Å². The smallest absolute Gasteiger partial charge is 0.249 e. The number of carbonyl (C=O) groups is 1. The predicted molar refractivity (Wildman–Crippen MR) is 275 cm³/mol. The molecule has 1 fully saturated rings. The largest absolute Gasteiger partial charge is 0.394 e. The molecule has 0 aromatic rings. The quantitative estimate of drug-likeness (QED) is 0.0215. The minimum absolute atomic E-state index is 0.263. The lowest BCUT2D eigenvalue weighted by Gasteiger charge is -2.40. The van der Waals surface area contributed by atoms with E-state index in [-0.39, 0.29) is 6.42 Å². The summed E-state index contributed by atoms with van der Waals surface area (Å²) >= 11 is 0.